The number of carbonyl (C=O) groups is 1. The molecule has 0 aliphatic heterocycles. The number of carbonyl (C=O) groups excluding carboxylic acids is 1. The first-order chi connectivity index (χ1) is 15.1. The topological polar surface area (TPSA) is 85.1 Å². The fraction of sp³-hybridized carbons (Fsp3) is 0.0870. The third kappa shape index (κ3) is 3.69. The van der Waals surface area contributed by atoms with Crippen molar-refractivity contribution in [2.45, 2.75) is 13.8 Å². The summed E-state index contributed by atoms with van der Waals surface area (Å²) in [6.07, 6.45) is 0. The zero-order chi connectivity index (χ0) is 21.4. The molecular formula is C23H18N6OS. The molecule has 0 radical (unpaired) electrons. The van der Waals surface area contributed by atoms with Crippen molar-refractivity contribution < 1.29 is 4.79 Å². The predicted molar refractivity (Wildman–Crippen MR) is 121 cm³/mol. The Balaban J connectivity index is 1.35. The van der Waals surface area contributed by atoms with Gasteiger partial charge in [0.25, 0.3) is 5.91 Å². The first-order valence-electron chi connectivity index (χ1n) is 9.72. The van der Waals surface area contributed by atoms with E-state index in [1.165, 1.54) is 11.3 Å². The van der Waals surface area contributed by atoms with Gasteiger partial charge >= 0.3 is 0 Å². The molecule has 3 aromatic heterocycles. The van der Waals surface area contributed by atoms with E-state index in [-0.39, 0.29) is 5.91 Å². The minimum absolute atomic E-state index is 0.162. The fourth-order valence-corrected chi connectivity index (χ4v) is 4.24. The first kappa shape index (κ1) is 19.1. The number of aryl methyl sites for hydroxylation is 2. The number of fused-ring (bicyclic) bond motifs is 1. The van der Waals surface area contributed by atoms with Crippen LogP contribution in [0.25, 0.3) is 27.5 Å². The monoisotopic (exact) mass is 426 g/mol. The van der Waals surface area contributed by atoms with Crippen LogP contribution in [0, 0.1) is 13.8 Å². The van der Waals surface area contributed by atoms with Gasteiger partial charge in [0.1, 0.15) is 9.88 Å². The number of hydrogen-bond acceptors (Lipinski definition) is 6. The second-order valence-electron chi connectivity index (χ2n) is 7.07. The Morgan fingerprint density at radius 2 is 1.68 bits per heavy atom. The summed E-state index contributed by atoms with van der Waals surface area (Å²) in [7, 11) is 0. The summed E-state index contributed by atoms with van der Waals surface area (Å²) in [5.74, 6) is 0.570. The van der Waals surface area contributed by atoms with Crippen LogP contribution in [0.2, 0.25) is 0 Å². The molecule has 7 nitrogen and oxygen atoms in total. The Bertz CT molecular complexity index is 1390. The van der Waals surface area contributed by atoms with Gasteiger partial charge in [-0.15, -0.1) is 21.5 Å². The highest BCUT2D eigenvalue weighted by molar-refractivity contribution is 7.17. The van der Waals surface area contributed by atoms with Crippen LogP contribution >= 0.6 is 11.3 Å². The van der Waals surface area contributed by atoms with Gasteiger partial charge in [-0.05, 0) is 38.1 Å². The average molecular weight is 427 g/mol. The van der Waals surface area contributed by atoms with E-state index in [4.69, 9.17) is 0 Å². The van der Waals surface area contributed by atoms with Crippen LogP contribution in [0.3, 0.4) is 0 Å². The van der Waals surface area contributed by atoms with Crippen molar-refractivity contribution in [2.24, 2.45) is 0 Å². The van der Waals surface area contributed by atoms with Crippen molar-refractivity contribution in [3.63, 3.8) is 0 Å². The SMILES string of the molecule is Cc1nc(-c2ccccc2)sc1C(=O)Nc1ccc(-c2ccc3nnc(C)n3n2)cc1. The second-order valence-corrected chi connectivity index (χ2v) is 8.07. The molecule has 5 aromatic rings. The van der Waals surface area contributed by atoms with E-state index in [1.807, 2.05) is 80.6 Å². The van der Waals surface area contributed by atoms with Gasteiger partial charge in [-0.25, -0.2) is 4.98 Å². The maximum atomic E-state index is 12.8. The lowest BCUT2D eigenvalue weighted by molar-refractivity contribution is 0.103. The lowest BCUT2D eigenvalue weighted by Gasteiger charge is -2.06. The zero-order valence-electron chi connectivity index (χ0n) is 16.9. The van der Waals surface area contributed by atoms with Crippen LogP contribution in [-0.4, -0.2) is 30.7 Å². The molecule has 3 heterocycles. The molecule has 0 saturated heterocycles. The lowest BCUT2D eigenvalue weighted by atomic mass is 10.1. The van der Waals surface area contributed by atoms with Crippen LogP contribution in [0.5, 0.6) is 0 Å². The highest BCUT2D eigenvalue weighted by Crippen LogP contribution is 2.28. The van der Waals surface area contributed by atoms with Crippen LogP contribution in [-0.2, 0) is 0 Å². The number of thiazole rings is 1. The number of hydrogen-bond donors (Lipinski definition) is 1. The summed E-state index contributed by atoms with van der Waals surface area (Å²) in [4.78, 5) is 18.0. The highest BCUT2D eigenvalue weighted by Gasteiger charge is 2.16. The molecule has 0 aliphatic carbocycles. The van der Waals surface area contributed by atoms with Gasteiger partial charge in [0.05, 0.1) is 11.4 Å². The Morgan fingerprint density at radius 1 is 0.903 bits per heavy atom. The number of nitrogens with one attached hydrogen (secondary N) is 1. The van der Waals surface area contributed by atoms with Gasteiger partial charge in [-0.3, -0.25) is 4.79 Å². The second kappa shape index (κ2) is 7.73. The third-order valence-electron chi connectivity index (χ3n) is 4.88. The summed E-state index contributed by atoms with van der Waals surface area (Å²) in [5.41, 5.74) is 4.89. The molecule has 0 fully saturated rings. The van der Waals surface area contributed by atoms with Crippen molar-refractivity contribution in [1.82, 2.24) is 24.8 Å². The molecule has 0 saturated carbocycles. The minimum Gasteiger partial charge on any atom is -0.321 e. The van der Waals surface area contributed by atoms with E-state index in [0.29, 0.717) is 16.2 Å². The Hall–Kier alpha value is -3.91. The molecule has 0 bridgehead atoms. The summed E-state index contributed by atoms with van der Waals surface area (Å²) in [6, 6.07) is 21.3. The van der Waals surface area contributed by atoms with Crippen molar-refractivity contribution in [3.05, 3.63) is 83.1 Å². The van der Waals surface area contributed by atoms with E-state index < -0.39 is 0 Å². The van der Waals surface area contributed by atoms with Crippen molar-refractivity contribution in [2.75, 3.05) is 5.32 Å². The highest BCUT2D eigenvalue weighted by atomic mass is 32.1. The Kier molecular flexibility index (Phi) is 4.76. The molecule has 31 heavy (non-hydrogen) atoms. The fourth-order valence-electron chi connectivity index (χ4n) is 3.27. The Morgan fingerprint density at radius 3 is 2.45 bits per heavy atom. The van der Waals surface area contributed by atoms with Crippen LogP contribution in [0.1, 0.15) is 21.2 Å². The van der Waals surface area contributed by atoms with Gasteiger partial charge in [0.15, 0.2) is 11.5 Å². The summed E-state index contributed by atoms with van der Waals surface area (Å²) in [6.45, 7) is 3.72. The van der Waals surface area contributed by atoms with Crippen molar-refractivity contribution in [3.8, 4) is 21.8 Å². The molecule has 0 aliphatic rings. The van der Waals surface area contributed by atoms with Crippen molar-refractivity contribution in [1.29, 1.82) is 0 Å². The quantitative estimate of drug-likeness (QED) is 0.447. The molecule has 5 rings (SSSR count). The summed E-state index contributed by atoms with van der Waals surface area (Å²) >= 11 is 1.40. The van der Waals surface area contributed by atoms with Crippen molar-refractivity contribution >= 4 is 28.6 Å². The van der Waals surface area contributed by atoms with Gasteiger partial charge in [0, 0.05) is 16.8 Å². The Labute approximate surface area is 182 Å². The molecule has 0 atom stereocenters. The number of aromatic nitrogens is 5. The van der Waals surface area contributed by atoms with Gasteiger partial charge in [-0.1, -0.05) is 42.5 Å². The number of anilines is 1. The van der Waals surface area contributed by atoms with Crippen LogP contribution < -0.4 is 5.32 Å². The van der Waals surface area contributed by atoms with E-state index in [0.717, 1.165) is 33.3 Å². The van der Waals surface area contributed by atoms with Gasteiger partial charge in [0.2, 0.25) is 0 Å². The first-order valence-corrected chi connectivity index (χ1v) is 10.5. The molecular weight excluding hydrogens is 408 g/mol. The van der Waals surface area contributed by atoms with E-state index >= 15 is 0 Å². The van der Waals surface area contributed by atoms with E-state index in [2.05, 4.69) is 25.6 Å². The molecule has 152 valence electrons. The number of benzene rings is 2. The molecule has 2 aromatic carbocycles. The molecule has 0 spiro atoms. The summed E-state index contributed by atoms with van der Waals surface area (Å²) < 4.78 is 1.71. The predicted octanol–water partition coefficient (Wildman–Crippen LogP) is 4.78. The molecule has 8 heteroatoms. The van der Waals surface area contributed by atoms with E-state index in [1.54, 1.807) is 4.52 Å². The molecule has 1 amide bonds. The standard InChI is InChI=1S/C23H18N6OS/c1-14-21(31-23(24-14)17-6-4-3-5-7-17)22(30)25-18-10-8-16(9-11-18)19-12-13-20-27-26-15(2)29(20)28-19/h3-13H,1-2H3,(H,25,30). The number of rotatable bonds is 4. The molecule has 0 unspecified atom stereocenters. The van der Waals surface area contributed by atoms with Crippen LogP contribution in [0.15, 0.2) is 66.7 Å². The smallest absolute Gasteiger partial charge is 0.267 e. The molecule has 1 N–H and O–H groups in total. The zero-order valence-corrected chi connectivity index (χ0v) is 17.7. The van der Waals surface area contributed by atoms with Crippen LogP contribution in [0.4, 0.5) is 5.69 Å². The maximum Gasteiger partial charge on any atom is 0.267 e. The normalized spacial score (nSPS) is 11.0. The minimum atomic E-state index is -0.162. The van der Waals surface area contributed by atoms with Gasteiger partial charge in [-0.2, -0.15) is 9.61 Å². The maximum absolute atomic E-state index is 12.8. The summed E-state index contributed by atoms with van der Waals surface area (Å²) in [5, 5.41) is 16.5. The third-order valence-corrected chi connectivity index (χ3v) is 6.09. The average Bonchev–Trinajstić information content (AvgIpc) is 3.37. The number of nitrogens with zero attached hydrogens (tertiary/aromatic N) is 5. The van der Waals surface area contributed by atoms with E-state index in [9.17, 15) is 4.79 Å². The number of amides is 1. The largest absolute Gasteiger partial charge is 0.321 e. The lowest BCUT2D eigenvalue weighted by Crippen LogP contribution is -2.11. The van der Waals surface area contributed by atoms with Gasteiger partial charge < -0.3 is 5.32 Å².